The fourth-order valence-corrected chi connectivity index (χ4v) is 2.73. The maximum Gasteiger partial charge on any atom is 0.494 e. The van der Waals surface area contributed by atoms with Crippen LogP contribution in [-0.2, 0) is 15.5 Å². The molecular weight excluding hydrogens is 370 g/mol. The van der Waals surface area contributed by atoms with Crippen LogP contribution >= 0.6 is 0 Å². The molecule has 3 rings (SSSR count). The van der Waals surface area contributed by atoms with E-state index in [4.69, 9.17) is 19.3 Å². The number of nitriles is 1. The van der Waals surface area contributed by atoms with Gasteiger partial charge in [-0.1, -0.05) is 12.1 Å². The molecule has 28 heavy (non-hydrogen) atoms. The van der Waals surface area contributed by atoms with Crippen molar-refractivity contribution in [3.8, 4) is 17.6 Å². The average molecular weight is 389 g/mol. The summed E-state index contributed by atoms with van der Waals surface area (Å²) in [6, 6.07) is 11.5. The van der Waals surface area contributed by atoms with Crippen LogP contribution in [0.1, 0.15) is 38.8 Å². The Bertz CT molecular complexity index is 902. The van der Waals surface area contributed by atoms with Crippen LogP contribution in [0.3, 0.4) is 0 Å². The molecule has 0 amide bonds. The minimum Gasteiger partial charge on any atom is -0.457 e. The SMILES string of the molecule is CC1(C)OB(c2ccc(Oc3ccc(C(F)(F)F)c(C#N)c3)cc2)OC1(C)C. The summed E-state index contributed by atoms with van der Waals surface area (Å²) in [5.74, 6) is 0.567. The van der Waals surface area contributed by atoms with Gasteiger partial charge >= 0.3 is 13.3 Å². The van der Waals surface area contributed by atoms with Gasteiger partial charge in [-0.2, -0.15) is 18.4 Å². The lowest BCUT2D eigenvalue weighted by Gasteiger charge is -2.32. The Labute approximate surface area is 162 Å². The third kappa shape index (κ3) is 3.86. The molecule has 0 aliphatic carbocycles. The van der Waals surface area contributed by atoms with Crippen molar-refractivity contribution < 1.29 is 27.2 Å². The van der Waals surface area contributed by atoms with Crippen LogP contribution in [0.25, 0.3) is 0 Å². The molecule has 1 saturated heterocycles. The summed E-state index contributed by atoms with van der Waals surface area (Å²) in [6.45, 7) is 7.84. The minimum atomic E-state index is -4.59. The van der Waals surface area contributed by atoms with Crippen LogP contribution in [-0.4, -0.2) is 18.3 Å². The van der Waals surface area contributed by atoms with Crippen molar-refractivity contribution in [2.75, 3.05) is 0 Å². The van der Waals surface area contributed by atoms with Crippen molar-refractivity contribution >= 4 is 12.6 Å². The number of alkyl halides is 3. The minimum absolute atomic E-state index is 0.146. The fraction of sp³-hybridized carbons (Fsp3) is 0.350. The highest BCUT2D eigenvalue weighted by Gasteiger charge is 2.51. The molecule has 8 heteroatoms. The van der Waals surface area contributed by atoms with Gasteiger partial charge in [-0.15, -0.1) is 0 Å². The summed E-state index contributed by atoms with van der Waals surface area (Å²) in [5, 5.41) is 8.98. The first-order chi connectivity index (χ1) is 12.9. The number of halogens is 3. The highest BCUT2D eigenvalue weighted by molar-refractivity contribution is 6.62. The third-order valence-corrected chi connectivity index (χ3v) is 5.06. The number of benzene rings is 2. The zero-order chi connectivity index (χ0) is 20.7. The van der Waals surface area contributed by atoms with Crippen molar-refractivity contribution in [2.45, 2.75) is 45.1 Å². The van der Waals surface area contributed by atoms with E-state index in [0.717, 1.165) is 17.6 Å². The molecule has 0 N–H and O–H groups in total. The van der Waals surface area contributed by atoms with Gasteiger partial charge in [0.1, 0.15) is 11.5 Å². The molecule has 2 aromatic carbocycles. The summed E-state index contributed by atoms with van der Waals surface area (Å²) < 4.78 is 56.2. The normalized spacial score (nSPS) is 18.0. The van der Waals surface area contributed by atoms with E-state index in [2.05, 4.69) is 0 Å². The average Bonchev–Trinajstić information content (AvgIpc) is 2.82. The summed E-state index contributed by atoms with van der Waals surface area (Å²) >= 11 is 0. The predicted octanol–water partition coefficient (Wildman–Crippen LogP) is 4.67. The molecule has 2 aromatic rings. The van der Waals surface area contributed by atoms with Crippen molar-refractivity contribution in [1.29, 1.82) is 5.26 Å². The number of hydrogen-bond donors (Lipinski definition) is 0. The van der Waals surface area contributed by atoms with Crippen LogP contribution in [0.4, 0.5) is 13.2 Å². The molecule has 0 bridgehead atoms. The maximum absolute atomic E-state index is 12.9. The van der Waals surface area contributed by atoms with E-state index in [9.17, 15) is 13.2 Å². The molecule has 1 heterocycles. The van der Waals surface area contributed by atoms with Crippen LogP contribution < -0.4 is 10.2 Å². The van der Waals surface area contributed by atoms with Crippen LogP contribution in [0.5, 0.6) is 11.5 Å². The van der Waals surface area contributed by atoms with Gasteiger partial charge in [0, 0.05) is 0 Å². The highest BCUT2D eigenvalue weighted by atomic mass is 19.4. The highest BCUT2D eigenvalue weighted by Crippen LogP contribution is 2.37. The Morgan fingerprint density at radius 1 is 0.929 bits per heavy atom. The Morgan fingerprint density at radius 3 is 1.96 bits per heavy atom. The topological polar surface area (TPSA) is 51.5 Å². The molecule has 0 radical (unpaired) electrons. The first-order valence-corrected chi connectivity index (χ1v) is 8.68. The predicted molar refractivity (Wildman–Crippen MR) is 98.4 cm³/mol. The molecule has 0 unspecified atom stereocenters. The Hall–Kier alpha value is -2.50. The van der Waals surface area contributed by atoms with Crippen molar-refractivity contribution in [3.63, 3.8) is 0 Å². The van der Waals surface area contributed by atoms with Crippen molar-refractivity contribution in [1.82, 2.24) is 0 Å². The molecular formula is C20H19BF3NO3. The lowest BCUT2D eigenvalue weighted by atomic mass is 9.79. The van der Waals surface area contributed by atoms with Gasteiger partial charge in [-0.3, -0.25) is 0 Å². The Kier molecular flexibility index (Phi) is 4.94. The van der Waals surface area contributed by atoms with Gasteiger partial charge in [0.2, 0.25) is 0 Å². The third-order valence-electron chi connectivity index (χ3n) is 5.06. The molecule has 0 spiro atoms. The number of rotatable bonds is 3. The lowest BCUT2D eigenvalue weighted by molar-refractivity contribution is -0.137. The van der Waals surface area contributed by atoms with E-state index in [1.165, 1.54) is 6.07 Å². The van der Waals surface area contributed by atoms with Crippen molar-refractivity contribution in [2.24, 2.45) is 0 Å². The lowest BCUT2D eigenvalue weighted by Crippen LogP contribution is -2.41. The van der Waals surface area contributed by atoms with Crippen LogP contribution in [0.15, 0.2) is 42.5 Å². The second-order valence-electron chi connectivity index (χ2n) is 7.58. The van der Waals surface area contributed by atoms with E-state index >= 15 is 0 Å². The van der Waals surface area contributed by atoms with Gasteiger partial charge < -0.3 is 14.0 Å². The molecule has 1 aliphatic heterocycles. The summed E-state index contributed by atoms with van der Waals surface area (Å²) in [5.41, 5.74) is -1.59. The maximum atomic E-state index is 12.9. The number of ether oxygens (including phenoxy) is 1. The van der Waals surface area contributed by atoms with Crippen LogP contribution in [0, 0.1) is 11.3 Å². The monoisotopic (exact) mass is 389 g/mol. The number of nitrogens with zero attached hydrogens (tertiary/aromatic N) is 1. The zero-order valence-corrected chi connectivity index (χ0v) is 15.9. The molecule has 0 aromatic heterocycles. The van der Waals surface area contributed by atoms with E-state index in [1.54, 1.807) is 30.3 Å². The Balaban J connectivity index is 1.76. The molecule has 4 nitrogen and oxygen atoms in total. The summed E-state index contributed by atoms with van der Waals surface area (Å²) in [4.78, 5) is 0. The smallest absolute Gasteiger partial charge is 0.457 e. The second-order valence-corrected chi connectivity index (χ2v) is 7.58. The molecule has 0 saturated carbocycles. The van der Waals surface area contributed by atoms with Crippen molar-refractivity contribution in [3.05, 3.63) is 53.6 Å². The van der Waals surface area contributed by atoms with Gasteiger partial charge in [0.05, 0.1) is 28.4 Å². The molecule has 0 atom stereocenters. The van der Waals surface area contributed by atoms with E-state index in [1.807, 2.05) is 27.7 Å². The van der Waals surface area contributed by atoms with Crippen LogP contribution in [0.2, 0.25) is 0 Å². The first kappa shape index (κ1) is 20.2. The molecule has 1 fully saturated rings. The second kappa shape index (κ2) is 6.84. The Morgan fingerprint density at radius 2 is 1.46 bits per heavy atom. The molecule has 146 valence electrons. The fourth-order valence-electron chi connectivity index (χ4n) is 2.73. The largest absolute Gasteiger partial charge is 0.494 e. The number of hydrogen-bond acceptors (Lipinski definition) is 4. The first-order valence-electron chi connectivity index (χ1n) is 8.68. The van der Waals surface area contributed by atoms with E-state index < -0.39 is 35.6 Å². The van der Waals surface area contributed by atoms with Gasteiger partial charge in [-0.25, -0.2) is 0 Å². The van der Waals surface area contributed by atoms with E-state index in [0.29, 0.717) is 5.75 Å². The van der Waals surface area contributed by atoms with E-state index in [-0.39, 0.29) is 5.75 Å². The van der Waals surface area contributed by atoms with Gasteiger partial charge in [-0.05, 0) is 63.5 Å². The summed E-state index contributed by atoms with van der Waals surface area (Å²) in [7, 11) is -0.518. The summed E-state index contributed by atoms with van der Waals surface area (Å²) in [6.07, 6.45) is -4.59. The van der Waals surface area contributed by atoms with Gasteiger partial charge in [0.15, 0.2) is 0 Å². The quantitative estimate of drug-likeness (QED) is 0.716. The van der Waals surface area contributed by atoms with Gasteiger partial charge in [0.25, 0.3) is 0 Å². The standard InChI is InChI=1S/C20H19BF3NO3/c1-18(2)19(3,4)28-21(27-18)14-5-7-15(8-6-14)26-16-9-10-17(20(22,23)24)13(11-16)12-25/h5-11H,1-4H3. The zero-order valence-electron chi connectivity index (χ0n) is 15.9. The molecule has 1 aliphatic rings.